The highest BCUT2D eigenvalue weighted by atomic mass is 32.2. The Kier molecular flexibility index (Phi) is 3.75. The number of aliphatic imine (C=N–C) groups is 1. The van der Waals surface area contributed by atoms with Gasteiger partial charge in [-0.2, -0.15) is 4.99 Å². The summed E-state index contributed by atoms with van der Waals surface area (Å²) in [5, 5.41) is 19.4. The lowest BCUT2D eigenvalue weighted by atomic mass is 10.3. The number of nitrogens with zero attached hydrogens (tertiary/aromatic N) is 2. The summed E-state index contributed by atoms with van der Waals surface area (Å²) in [6.45, 7) is 0. The molecule has 0 saturated carbocycles. The highest BCUT2D eigenvalue weighted by Crippen LogP contribution is 2.29. The second-order valence-electron chi connectivity index (χ2n) is 3.99. The summed E-state index contributed by atoms with van der Waals surface area (Å²) in [5.74, 6) is -1.59. The fourth-order valence-electron chi connectivity index (χ4n) is 1.59. The predicted molar refractivity (Wildman–Crippen MR) is 70.0 cm³/mol. The Labute approximate surface area is 113 Å². The molecule has 0 radical (unpaired) electrons. The van der Waals surface area contributed by atoms with Gasteiger partial charge in [-0.15, -0.1) is 0 Å². The summed E-state index contributed by atoms with van der Waals surface area (Å²) in [7, 11) is 1.72. The van der Waals surface area contributed by atoms with Crippen molar-refractivity contribution in [3.05, 3.63) is 24.3 Å². The van der Waals surface area contributed by atoms with E-state index < -0.39 is 17.1 Å². The molecule has 6 nitrogen and oxygen atoms in total. The Morgan fingerprint density at radius 1 is 1.47 bits per heavy atom. The molecular weight excluding hydrogens is 268 g/mol. The molecule has 1 amide bonds. The molecule has 0 aromatic heterocycles. The largest absolute Gasteiger partial charge is 0.550 e. The number of carboxylic acid groups (broad SMARTS) is 1. The molecule has 1 aromatic rings. The van der Waals surface area contributed by atoms with Crippen LogP contribution in [0.2, 0.25) is 0 Å². The minimum absolute atomic E-state index is 0.143. The van der Waals surface area contributed by atoms with Crippen LogP contribution < -0.4 is 10.0 Å². The normalized spacial score (nSPS) is 18.3. The van der Waals surface area contributed by atoms with Crippen LogP contribution in [0, 0.1) is 0 Å². The maximum absolute atomic E-state index is 11.5. The molecule has 0 bridgehead atoms. The SMILES string of the molecule is CN(C1=NC(=O)C(CC(=O)[O-])S1)c1ccc(O)cc1. The van der Waals surface area contributed by atoms with E-state index in [0.29, 0.717) is 5.17 Å². The maximum atomic E-state index is 11.5. The van der Waals surface area contributed by atoms with Crippen LogP contribution >= 0.6 is 11.8 Å². The first kappa shape index (κ1) is 13.4. The first-order chi connectivity index (χ1) is 8.97. The van der Waals surface area contributed by atoms with Crippen molar-refractivity contribution in [2.45, 2.75) is 11.7 Å². The molecule has 0 spiro atoms. The lowest BCUT2D eigenvalue weighted by Crippen LogP contribution is -2.28. The fraction of sp³-hybridized carbons (Fsp3) is 0.250. The van der Waals surface area contributed by atoms with E-state index in [1.807, 2.05) is 0 Å². The molecule has 100 valence electrons. The number of aromatic hydroxyl groups is 1. The second-order valence-corrected chi connectivity index (χ2v) is 5.16. The molecule has 1 atom stereocenters. The number of amidine groups is 1. The van der Waals surface area contributed by atoms with Crippen LogP contribution in [-0.4, -0.2) is 34.4 Å². The molecular formula is C12H11N2O4S-. The zero-order valence-corrected chi connectivity index (χ0v) is 10.9. The molecule has 2 rings (SSSR count). The van der Waals surface area contributed by atoms with Crippen molar-refractivity contribution in [1.82, 2.24) is 0 Å². The van der Waals surface area contributed by atoms with Gasteiger partial charge in [-0.25, -0.2) is 0 Å². The van der Waals surface area contributed by atoms with E-state index >= 15 is 0 Å². The van der Waals surface area contributed by atoms with Crippen LogP contribution in [0.25, 0.3) is 0 Å². The molecule has 19 heavy (non-hydrogen) atoms. The average molecular weight is 279 g/mol. The lowest BCUT2D eigenvalue weighted by molar-refractivity contribution is -0.305. The number of hydrogen-bond acceptors (Lipinski definition) is 6. The topological polar surface area (TPSA) is 93.0 Å². The summed E-state index contributed by atoms with van der Waals surface area (Å²) in [5.41, 5.74) is 0.742. The van der Waals surface area contributed by atoms with E-state index in [9.17, 15) is 19.8 Å². The van der Waals surface area contributed by atoms with E-state index in [1.165, 1.54) is 12.1 Å². The van der Waals surface area contributed by atoms with Gasteiger partial charge in [0.2, 0.25) is 0 Å². The van der Waals surface area contributed by atoms with E-state index in [4.69, 9.17) is 0 Å². The number of phenolic OH excluding ortho intramolecular Hbond substituents is 1. The Bertz CT molecular complexity index is 541. The van der Waals surface area contributed by atoms with Gasteiger partial charge in [-0.1, -0.05) is 11.8 Å². The molecule has 1 N–H and O–H groups in total. The van der Waals surface area contributed by atoms with Crippen molar-refractivity contribution in [1.29, 1.82) is 0 Å². The van der Waals surface area contributed by atoms with Crippen LogP contribution in [0.1, 0.15) is 6.42 Å². The molecule has 1 aromatic carbocycles. The Balaban J connectivity index is 2.11. The summed E-state index contributed by atoms with van der Waals surface area (Å²) in [4.78, 5) is 27.6. The minimum atomic E-state index is -1.27. The number of rotatable bonds is 3. The standard InChI is InChI=1S/C12H12N2O4S/c1-14(7-2-4-8(15)5-3-7)12-13-11(18)9(19-12)6-10(16)17/h2-5,9,15H,6H2,1H3,(H,16,17)/p-1. The first-order valence-electron chi connectivity index (χ1n) is 5.49. The maximum Gasteiger partial charge on any atom is 0.262 e. The lowest BCUT2D eigenvalue weighted by Gasteiger charge is -2.18. The Morgan fingerprint density at radius 3 is 2.68 bits per heavy atom. The summed E-state index contributed by atoms with van der Waals surface area (Å²) >= 11 is 1.10. The summed E-state index contributed by atoms with van der Waals surface area (Å²) in [6, 6.07) is 6.39. The van der Waals surface area contributed by atoms with Gasteiger partial charge in [0.25, 0.3) is 5.91 Å². The number of carboxylic acids is 1. The molecule has 0 aliphatic carbocycles. The number of amides is 1. The number of carbonyl (C=O) groups excluding carboxylic acids is 2. The van der Waals surface area contributed by atoms with Gasteiger partial charge in [0.1, 0.15) is 5.75 Å². The van der Waals surface area contributed by atoms with Gasteiger partial charge in [-0.05, 0) is 24.3 Å². The number of benzene rings is 1. The third-order valence-electron chi connectivity index (χ3n) is 2.60. The van der Waals surface area contributed by atoms with Crippen molar-refractivity contribution in [3.63, 3.8) is 0 Å². The predicted octanol–water partition coefficient (Wildman–Crippen LogP) is -0.0336. The van der Waals surface area contributed by atoms with E-state index in [1.54, 1.807) is 24.1 Å². The van der Waals surface area contributed by atoms with Crippen LogP contribution in [-0.2, 0) is 9.59 Å². The number of phenols is 1. The highest BCUT2D eigenvalue weighted by Gasteiger charge is 2.30. The third-order valence-corrected chi connectivity index (χ3v) is 3.83. The molecule has 1 aliphatic heterocycles. The van der Waals surface area contributed by atoms with Crippen molar-refractivity contribution < 1.29 is 19.8 Å². The van der Waals surface area contributed by atoms with Crippen molar-refractivity contribution in [2.24, 2.45) is 4.99 Å². The van der Waals surface area contributed by atoms with Crippen molar-refractivity contribution in [3.8, 4) is 5.75 Å². The average Bonchev–Trinajstić information content (AvgIpc) is 2.70. The fourth-order valence-corrected chi connectivity index (χ4v) is 2.62. The van der Waals surface area contributed by atoms with Gasteiger partial charge in [0.15, 0.2) is 5.17 Å². The van der Waals surface area contributed by atoms with E-state index in [2.05, 4.69) is 4.99 Å². The number of aliphatic carboxylic acids is 1. The van der Waals surface area contributed by atoms with Gasteiger partial charge >= 0.3 is 0 Å². The summed E-state index contributed by atoms with van der Waals surface area (Å²) < 4.78 is 0. The molecule has 0 saturated heterocycles. The quantitative estimate of drug-likeness (QED) is 0.835. The van der Waals surface area contributed by atoms with Gasteiger partial charge < -0.3 is 19.9 Å². The number of thioether (sulfide) groups is 1. The first-order valence-corrected chi connectivity index (χ1v) is 6.37. The van der Waals surface area contributed by atoms with E-state index in [0.717, 1.165) is 17.4 Å². The summed E-state index contributed by atoms with van der Waals surface area (Å²) in [6.07, 6.45) is -0.347. The molecule has 7 heteroatoms. The van der Waals surface area contributed by atoms with Crippen LogP contribution in [0.4, 0.5) is 5.69 Å². The van der Waals surface area contributed by atoms with Crippen LogP contribution in [0.5, 0.6) is 5.75 Å². The monoisotopic (exact) mass is 279 g/mol. The second kappa shape index (κ2) is 5.31. The van der Waals surface area contributed by atoms with Gasteiger partial charge in [-0.3, -0.25) is 4.79 Å². The van der Waals surface area contributed by atoms with Crippen LogP contribution in [0.3, 0.4) is 0 Å². The molecule has 0 fully saturated rings. The van der Waals surface area contributed by atoms with Crippen molar-refractivity contribution in [2.75, 3.05) is 11.9 Å². The van der Waals surface area contributed by atoms with Crippen LogP contribution in [0.15, 0.2) is 29.3 Å². The van der Waals surface area contributed by atoms with E-state index in [-0.39, 0.29) is 12.2 Å². The van der Waals surface area contributed by atoms with Gasteiger partial charge in [0, 0.05) is 25.1 Å². The van der Waals surface area contributed by atoms with Gasteiger partial charge in [0.05, 0.1) is 5.25 Å². The minimum Gasteiger partial charge on any atom is -0.550 e. The highest BCUT2D eigenvalue weighted by molar-refractivity contribution is 8.15. The Hall–Kier alpha value is -2.02. The molecule has 1 heterocycles. The number of carbonyl (C=O) groups is 2. The number of anilines is 1. The zero-order valence-electron chi connectivity index (χ0n) is 10.1. The smallest absolute Gasteiger partial charge is 0.262 e. The Morgan fingerprint density at radius 2 is 2.11 bits per heavy atom. The molecule has 1 unspecified atom stereocenters. The third kappa shape index (κ3) is 3.05. The zero-order chi connectivity index (χ0) is 14.0. The number of hydrogen-bond donors (Lipinski definition) is 1. The van der Waals surface area contributed by atoms with Crippen molar-refractivity contribution >= 4 is 34.5 Å². The molecule has 1 aliphatic rings.